The van der Waals surface area contributed by atoms with E-state index < -0.39 is 18.2 Å². The molecule has 0 saturated carbocycles. The molecule has 74 valence electrons. The third-order valence-electron chi connectivity index (χ3n) is 1.52. The number of hydrogen-bond donors (Lipinski definition) is 0. The quantitative estimate of drug-likeness (QED) is 0.638. The molecule has 4 heteroatoms. The molecule has 0 spiro atoms. The van der Waals surface area contributed by atoms with Gasteiger partial charge in [0.1, 0.15) is 5.60 Å². The van der Waals surface area contributed by atoms with Crippen LogP contribution in [0, 0.1) is 0 Å². The number of halogens is 3. The maximum Gasteiger partial charge on any atom is 0.266 e. The van der Waals surface area contributed by atoms with Crippen molar-refractivity contribution in [2.75, 3.05) is 6.61 Å². The van der Waals surface area contributed by atoms with E-state index in [9.17, 15) is 13.2 Å². The second-order valence-corrected chi connectivity index (χ2v) is 3.32. The first-order valence-electron chi connectivity index (χ1n) is 3.92. The molecule has 0 amide bonds. The Kier molecular flexibility index (Phi) is 4.60. The van der Waals surface area contributed by atoms with Gasteiger partial charge in [0.15, 0.2) is 0 Å². The predicted molar refractivity (Wildman–Crippen MR) is 41.2 cm³/mol. The highest BCUT2D eigenvalue weighted by Crippen LogP contribution is 2.19. The molecule has 0 aromatic heterocycles. The number of alkyl halides is 3. The average Bonchev–Trinajstić information content (AvgIpc) is 1.85. The van der Waals surface area contributed by atoms with Crippen LogP contribution in [0.5, 0.6) is 0 Å². The van der Waals surface area contributed by atoms with Crippen LogP contribution in [0.25, 0.3) is 0 Å². The van der Waals surface area contributed by atoms with Gasteiger partial charge >= 0.3 is 0 Å². The van der Waals surface area contributed by atoms with Gasteiger partial charge in [0, 0.05) is 6.42 Å². The summed E-state index contributed by atoms with van der Waals surface area (Å²) in [5, 5.41) is 0. The normalized spacial score (nSPS) is 15.2. The summed E-state index contributed by atoms with van der Waals surface area (Å²) in [6.45, 7) is 3.99. The van der Waals surface area contributed by atoms with Gasteiger partial charge in [-0.25, -0.2) is 13.2 Å². The van der Waals surface area contributed by atoms with Crippen molar-refractivity contribution in [3.05, 3.63) is 0 Å². The smallest absolute Gasteiger partial charge is 0.266 e. The van der Waals surface area contributed by atoms with Crippen molar-refractivity contribution < 1.29 is 17.9 Å². The van der Waals surface area contributed by atoms with Gasteiger partial charge in [0.25, 0.3) is 6.43 Å². The van der Waals surface area contributed by atoms with Gasteiger partial charge < -0.3 is 4.74 Å². The number of rotatable bonds is 5. The molecule has 12 heavy (non-hydrogen) atoms. The van der Waals surface area contributed by atoms with Crippen LogP contribution in [0.3, 0.4) is 0 Å². The summed E-state index contributed by atoms with van der Waals surface area (Å²) in [6.07, 6.45) is -3.37. The van der Waals surface area contributed by atoms with Crippen LogP contribution in [-0.2, 0) is 4.74 Å². The third-order valence-corrected chi connectivity index (χ3v) is 1.52. The lowest BCUT2D eigenvalue weighted by Gasteiger charge is -2.24. The fraction of sp³-hybridized carbons (Fsp3) is 1.00. The maximum absolute atomic E-state index is 12.2. The fourth-order valence-corrected chi connectivity index (χ4v) is 0.547. The second-order valence-electron chi connectivity index (χ2n) is 3.32. The fourth-order valence-electron chi connectivity index (χ4n) is 0.547. The van der Waals surface area contributed by atoms with Crippen molar-refractivity contribution in [3.8, 4) is 0 Å². The molecular weight excluding hydrogens is 169 g/mol. The molecule has 1 atom stereocenters. The zero-order valence-electron chi connectivity index (χ0n) is 7.61. The van der Waals surface area contributed by atoms with Crippen LogP contribution in [0.2, 0.25) is 0 Å². The average molecular weight is 184 g/mol. The van der Waals surface area contributed by atoms with E-state index in [1.165, 1.54) is 20.8 Å². The van der Waals surface area contributed by atoms with Crippen LogP contribution in [0.4, 0.5) is 13.2 Å². The van der Waals surface area contributed by atoms with E-state index in [-0.39, 0.29) is 13.0 Å². The first-order valence-corrected chi connectivity index (χ1v) is 3.92. The van der Waals surface area contributed by atoms with Gasteiger partial charge in [0.2, 0.25) is 0 Å². The van der Waals surface area contributed by atoms with Gasteiger partial charge in [-0.3, -0.25) is 0 Å². The summed E-state index contributed by atoms with van der Waals surface area (Å²) in [6, 6.07) is 0. The van der Waals surface area contributed by atoms with E-state index in [0.717, 1.165) is 0 Å². The minimum Gasteiger partial charge on any atom is -0.370 e. The Morgan fingerprint density at radius 1 is 1.25 bits per heavy atom. The summed E-state index contributed by atoms with van der Waals surface area (Å²) in [5.41, 5.74) is -1.46. The molecule has 0 heterocycles. The summed E-state index contributed by atoms with van der Waals surface area (Å²) < 4.78 is 41.3. The molecule has 0 bridgehead atoms. The molecule has 0 aromatic carbocycles. The van der Waals surface area contributed by atoms with E-state index in [1.807, 2.05) is 0 Å². The SMILES string of the molecule is CC(F)CCOC(C)(C)C(F)F. The molecule has 0 aliphatic rings. The number of ether oxygens (including phenoxy) is 1. The highest BCUT2D eigenvalue weighted by atomic mass is 19.3. The van der Waals surface area contributed by atoms with E-state index in [2.05, 4.69) is 0 Å². The Labute approximate surface area is 70.9 Å². The lowest BCUT2D eigenvalue weighted by Crippen LogP contribution is -2.34. The monoisotopic (exact) mass is 184 g/mol. The van der Waals surface area contributed by atoms with Crippen molar-refractivity contribution >= 4 is 0 Å². The summed E-state index contributed by atoms with van der Waals surface area (Å²) in [5.74, 6) is 0. The van der Waals surface area contributed by atoms with Gasteiger partial charge in [-0.1, -0.05) is 0 Å². The Bertz CT molecular complexity index is 123. The van der Waals surface area contributed by atoms with Crippen molar-refractivity contribution in [2.45, 2.75) is 45.4 Å². The van der Waals surface area contributed by atoms with Gasteiger partial charge in [-0.15, -0.1) is 0 Å². The van der Waals surface area contributed by atoms with Gasteiger partial charge in [-0.05, 0) is 20.8 Å². The van der Waals surface area contributed by atoms with Crippen molar-refractivity contribution in [1.82, 2.24) is 0 Å². The highest BCUT2D eigenvalue weighted by molar-refractivity contribution is 4.71. The van der Waals surface area contributed by atoms with Gasteiger partial charge in [0.05, 0.1) is 12.8 Å². The van der Waals surface area contributed by atoms with E-state index >= 15 is 0 Å². The zero-order valence-corrected chi connectivity index (χ0v) is 7.61. The van der Waals surface area contributed by atoms with E-state index in [4.69, 9.17) is 4.74 Å². The van der Waals surface area contributed by atoms with Crippen LogP contribution < -0.4 is 0 Å². The molecule has 1 nitrogen and oxygen atoms in total. The maximum atomic E-state index is 12.2. The number of hydrogen-bond acceptors (Lipinski definition) is 1. The molecular formula is C8H15F3O. The minimum absolute atomic E-state index is 0.0367. The van der Waals surface area contributed by atoms with Crippen LogP contribution in [0.15, 0.2) is 0 Å². The topological polar surface area (TPSA) is 9.23 Å². The van der Waals surface area contributed by atoms with Gasteiger partial charge in [-0.2, -0.15) is 0 Å². The van der Waals surface area contributed by atoms with Crippen molar-refractivity contribution in [3.63, 3.8) is 0 Å². The Morgan fingerprint density at radius 2 is 1.75 bits per heavy atom. The lowest BCUT2D eigenvalue weighted by molar-refractivity contribution is -0.120. The van der Waals surface area contributed by atoms with Crippen LogP contribution in [0.1, 0.15) is 27.2 Å². The van der Waals surface area contributed by atoms with Crippen molar-refractivity contribution in [1.29, 1.82) is 0 Å². The summed E-state index contributed by atoms with van der Waals surface area (Å²) >= 11 is 0. The lowest BCUT2D eigenvalue weighted by atomic mass is 10.1. The highest BCUT2D eigenvalue weighted by Gasteiger charge is 2.30. The molecule has 0 fully saturated rings. The minimum atomic E-state index is -2.53. The standard InChI is InChI=1S/C8H15F3O/c1-6(9)4-5-12-8(2,3)7(10)11/h6-7H,4-5H2,1-3H3. The molecule has 0 N–H and O–H groups in total. The van der Waals surface area contributed by atoms with Crippen LogP contribution >= 0.6 is 0 Å². The molecule has 0 rings (SSSR count). The second kappa shape index (κ2) is 4.70. The Balaban J connectivity index is 3.61. The largest absolute Gasteiger partial charge is 0.370 e. The molecule has 0 aromatic rings. The molecule has 1 unspecified atom stereocenters. The zero-order chi connectivity index (χ0) is 9.78. The summed E-state index contributed by atoms with van der Waals surface area (Å²) in [7, 11) is 0. The Hall–Kier alpha value is -0.250. The van der Waals surface area contributed by atoms with E-state index in [0.29, 0.717) is 0 Å². The molecule has 0 saturated heterocycles. The van der Waals surface area contributed by atoms with E-state index in [1.54, 1.807) is 0 Å². The Morgan fingerprint density at radius 3 is 2.08 bits per heavy atom. The third kappa shape index (κ3) is 4.59. The first-order chi connectivity index (χ1) is 5.36. The predicted octanol–water partition coefficient (Wildman–Crippen LogP) is 2.79. The molecule has 0 aliphatic heterocycles. The molecule has 0 aliphatic carbocycles. The first kappa shape index (κ1) is 11.8. The van der Waals surface area contributed by atoms with Crippen LogP contribution in [-0.4, -0.2) is 24.8 Å². The molecule has 0 radical (unpaired) electrons. The summed E-state index contributed by atoms with van der Waals surface area (Å²) in [4.78, 5) is 0. The van der Waals surface area contributed by atoms with Crippen molar-refractivity contribution in [2.24, 2.45) is 0 Å².